The van der Waals surface area contributed by atoms with E-state index < -0.39 is 0 Å². The van der Waals surface area contributed by atoms with E-state index in [1.807, 2.05) is 48.5 Å². The molecule has 0 aliphatic heterocycles. The highest BCUT2D eigenvalue weighted by Gasteiger charge is 2.32. The topological polar surface area (TPSA) is 69.4 Å². The van der Waals surface area contributed by atoms with E-state index in [0.717, 1.165) is 28.1 Å². The molecule has 2 aromatic carbocycles. The number of ketones is 1. The number of hydrogen-bond donors (Lipinski definition) is 0. The number of carbonyl (C=O) groups is 1. The zero-order chi connectivity index (χ0) is 21.5. The molecular formula is C23H18Cl2N4O2. The molecule has 0 N–H and O–H groups in total. The molecule has 0 saturated carbocycles. The van der Waals surface area contributed by atoms with Gasteiger partial charge in [-0.05, 0) is 47.7 Å². The Morgan fingerprint density at radius 3 is 2.61 bits per heavy atom. The van der Waals surface area contributed by atoms with E-state index in [0.29, 0.717) is 40.8 Å². The van der Waals surface area contributed by atoms with E-state index in [4.69, 9.17) is 33.0 Å². The van der Waals surface area contributed by atoms with Gasteiger partial charge in [0.1, 0.15) is 0 Å². The Hall–Kier alpha value is -2.80. The van der Waals surface area contributed by atoms with Crippen LogP contribution in [0.2, 0.25) is 10.0 Å². The third-order valence-electron chi connectivity index (χ3n) is 5.58. The lowest BCUT2D eigenvalue weighted by Crippen LogP contribution is -2.24. The first kappa shape index (κ1) is 20.1. The highest BCUT2D eigenvalue weighted by Crippen LogP contribution is 2.35. The molecule has 0 saturated heterocycles. The van der Waals surface area contributed by atoms with Crippen molar-refractivity contribution in [2.45, 2.75) is 25.4 Å². The number of carbonyl (C=O) groups excluding carboxylic acids is 1. The van der Waals surface area contributed by atoms with Gasteiger partial charge in [-0.25, -0.2) is 4.52 Å². The normalized spacial score (nSPS) is 16.0. The zero-order valence-corrected chi connectivity index (χ0v) is 18.2. The van der Waals surface area contributed by atoms with E-state index in [1.165, 1.54) is 0 Å². The second kappa shape index (κ2) is 8.04. The van der Waals surface area contributed by atoms with Crippen molar-refractivity contribution >= 4 is 34.6 Å². The van der Waals surface area contributed by atoms with E-state index in [2.05, 4.69) is 10.2 Å². The van der Waals surface area contributed by atoms with Crippen molar-refractivity contribution in [2.24, 2.45) is 0 Å². The van der Waals surface area contributed by atoms with Gasteiger partial charge < -0.3 is 4.74 Å². The van der Waals surface area contributed by atoms with Gasteiger partial charge in [0, 0.05) is 23.6 Å². The minimum Gasteiger partial charge on any atom is -0.378 e. The van der Waals surface area contributed by atoms with Gasteiger partial charge in [-0.3, -0.25) is 4.79 Å². The molecule has 6 nitrogen and oxygen atoms in total. The zero-order valence-electron chi connectivity index (χ0n) is 16.7. The van der Waals surface area contributed by atoms with E-state index in [-0.39, 0.29) is 11.7 Å². The fraction of sp³-hybridized carbons (Fsp3) is 0.217. The summed E-state index contributed by atoms with van der Waals surface area (Å²) in [7, 11) is 1.62. The SMILES string of the molecule is COCc1nn2c3c(nnc2c1-c1ccc(Cl)cc1)C(=O)CC(c1cccc(Cl)c1)C3. The summed E-state index contributed by atoms with van der Waals surface area (Å²) < 4.78 is 7.13. The molecule has 2 heterocycles. The molecule has 5 rings (SSSR count). The van der Waals surface area contributed by atoms with Crippen molar-refractivity contribution in [1.29, 1.82) is 0 Å². The summed E-state index contributed by atoms with van der Waals surface area (Å²) in [6.07, 6.45) is 0.978. The Morgan fingerprint density at radius 2 is 1.87 bits per heavy atom. The van der Waals surface area contributed by atoms with Crippen LogP contribution in [-0.2, 0) is 17.8 Å². The molecule has 2 aromatic heterocycles. The van der Waals surface area contributed by atoms with Crippen molar-refractivity contribution < 1.29 is 9.53 Å². The number of halogens is 2. The van der Waals surface area contributed by atoms with Gasteiger partial charge in [0.25, 0.3) is 0 Å². The van der Waals surface area contributed by atoms with Gasteiger partial charge in [-0.2, -0.15) is 5.10 Å². The van der Waals surface area contributed by atoms with E-state index in [9.17, 15) is 4.79 Å². The maximum absolute atomic E-state index is 12.9. The maximum atomic E-state index is 12.9. The molecule has 156 valence electrons. The first-order valence-electron chi connectivity index (χ1n) is 9.86. The van der Waals surface area contributed by atoms with Crippen molar-refractivity contribution in [3.8, 4) is 11.1 Å². The third kappa shape index (κ3) is 3.61. The van der Waals surface area contributed by atoms with E-state index in [1.54, 1.807) is 11.6 Å². The predicted molar refractivity (Wildman–Crippen MR) is 119 cm³/mol. The first-order valence-corrected chi connectivity index (χ1v) is 10.6. The molecule has 0 fully saturated rings. The number of methoxy groups -OCH3 is 1. The third-order valence-corrected chi connectivity index (χ3v) is 6.06. The van der Waals surface area contributed by atoms with Gasteiger partial charge in [0.15, 0.2) is 17.1 Å². The lowest BCUT2D eigenvalue weighted by Gasteiger charge is -2.23. The minimum absolute atomic E-state index is 0.000145. The molecule has 1 unspecified atom stereocenters. The Morgan fingerprint density at radius 1 is 1.06 bits per heavy atom. The number of Topliss-reactive ketones (excluding diaryl/α,β-unsaturated/α-hetero) is 1. The maximum Gasteiger partial charge on any atom is 0.185 e. The summed E-state index contributed by atoms with van der Waals surface area (Å²) in [4.78, 5) is 12.9. The number of ether oxygens (including phenoxy) is 1. The van der Waals surface area contributed by atoms with Crippen molar-refractivity contribution in [3.05, 3.63) is 81.2 Å². The average molecular weight is 453 g/mol. The minimum atomic E-state index is -0.0440. The van der Waals surface area contributed by atoms with Crippen LogP contribution >= 0.6 is 23.2 Å². The Labute approximate surface area is 188 Å². The summed E-state index contributed by atoms with van der Waals surface area (Å²) in [5, 5.41) is 14.7. The summed E-state index contributed by atoms with van der Waals surface area (Å²) >= 11 is 12.3. The van der Waals surface area contributed by atoms with Gasteiger partial charge in [-0.1, -0.05) is 47.5 Å². The highest BCUT2D eigenvalue weighted by molar-refractivity contribution is 6.30. The smallest absolute Gasteiger partial charge is 0.185 e. The van der Waals surface area contributed by atoms with Crippen LogP contribution < -0.4 is 0 Å². The van der Waals surface area contributed by atoms with Crippen molar-refractivity contribution in [1.82, 2.24) is 19.8 Å². The van der Waals surface area contributed by atoms with Crippen LogP contribution in [0, 0.1) is 0 Å². The van der Waals surface area contributed by atoms with Gasteiger partial charge in [-0.15, -0.1) is 10.2 Å². The van der Waals surface area contributed by atoms with Crippen molar-refractivity contribution in [3.63, 3.8) is 0 Å². The van der Waals surface area contributed by atoms with Gasteiger partial charge in [0.05, 0.1) is 23.6 Å². The standard InChI is InChI=1S/C23H18Cl2N4O2/c1-31-12-18-21(13-5-7-16(24)8-6-13)23-27-26-22-19(29(23)28-18)10-15(11-20(22)30)14-3-2-4-17(25)9-14/h2-9,15H,10-12H2,1H3. The molecule has 31 heavy (non-hydrogen) atoms. The van der Waals surface area contributed by atoms with Crippen LogP contribution in [0.5, 0.6) is 0 Å². The second-order valence-corrected chi connectivity index (χ2v) is 8.45. The molecule has 0 radical (unpaired) electrons. The first-order chi connectivity index (χ1) is 15.0. The Bertz CT molecular complexity index is 1300. The molecule has 1 aliphatic carbocycles. The molecule has 8 heteroatoms. The van der Waals surface area contributed by atoms with Crippen LogP contribution in [0.4, 0.5) is 0 Å². The number of hydrogen-bond acceptors (Lipinski definition) is 5. The lowest BCUT2D eigenvalue weighted by atomic mass is 9.83. The summed E-state index contributed by atoms with van der Waals surface area (Å²) in [6, 6.07) is 15.1. The monoisotopic (exact) mass is 452 g/mol. The molecule has 1 atom stereocenters. The summed E-state index contributed by atoms with van der Waals surface area (Å²) in [5.41, 5.74) is 5.21. The lowest BCUT2D eigenvalue weighted by molar-refractivity contribution is 0.0955. The number of fused-ring (bicyclic) bond motifs is 3. The molecule has 4 aromatic rings. The summed E-state index contributed by atoms with van der Waals surface area (Å²) in [6.45, 7) is 0.307. The van der Waals surface area contributed by atoms with Crippen LogP contribution in [0.25, 0.3) is 16.8 Å². The average Bonchev–Trinajstić information content (AvgIpc) is 3.13. The van der Waals surface area contributed by atoms with Gasteiger partial charge >= 0.3 is 0 Å². The molecule has 1 aliphatic rings. The van der Waals surface area contributed by atoms with Crippen LogP contribution in [0.15, 0.2) is 48.5 Å². The Kier molecular flexibility index (Phi) is 5.22. The number of nitrogens with zero attached hydrogens (tertiary/aromatic N) is 4. The number of aromatic nitrogens is 4. The molecule has 0 spiro atoms. The number of benzene rings is 2. The molecule has 0 amide bonds. The fourth-order valence-corrected chi connectivity index (χ4v) is 4.49. The quantitative estimate of drug-likeness (QED) is 0.427. The Balaban J connectivity index is 1.68. The molecular weight excluding hydrogens is 435 g/mol. The second-order valence-electron chi connectivity index (χ2n) is 7.58. The van der Waals surface area contributed by atoms with Crippen LogP contribution in [0.1, 0.15) is 39.8 Å². The number of rotatable bonds is 4. The van der Waals surface area contributed by atoms with Gasteiger partial charge in [0.2, 0.25) is 0 Å². The predicted octanol–water partition coefficient (Wildman–Crippen LogP) is 5.16. The summed E-state index contributed by atoms with van der Waals surface area (Å²) in [5.74, 6) is -0.0439. The van der Waals surface area contributed by atoms with E-state index >= 15 is 0 Å². The van der Waals surface area contributed by atoms with Crippen molar-refractivity contribution in [2.75, 3.05) is 7.11 Å². The van der Waals surface area contributed by atoms with Crippen LogP contribution in [-0.4, -0.2) is 32.7 Å². The van der Waals surface area contributed by atoms with Crippen LogP contribution in [0.3, 0.4) is 0 Å². The molecule has 0 bridgehead atoms. The highest BCUT2D eigenvalue weighted by atomic mass is 35.5. The fourth-order valence-electron chi connectivity index (χ4n) is 4.16. The largest absolute Gasteiger partial charge is 0.378 e.